The van der Waals surface area contributed by atoms with Gasteiger partial charge in [0.1, 0.15) is 0 Å². The van der Waals surface area contributed by atoms with Crippen molar-refractivity contribution in [2.45, 2.75) is 4.93 Å². The summed E-state index contributed by atoms with van der Waals surface area (Å²) in [6.07, 6.45) is 0. The number of carbonyl (C=O) groups is 1. The standard InChI is InChI=1S/C14H10O5S2.Na.H/c15-13-11-8-4-5-9-12(11)14(19-13,20-21(16,17)18)10-6-2-1-3-7-10;;/h1-9H,(H,16,17,18);;. The molecule has 0 saturated heterocycles. The van der Waals surface area contributed by atoms with Crippen molar-refractivity contribution in [3.05, 3.63) is 71.3 Å². The van der Waals surface area contributed by atoms with E-state index in [0.717, 1.165) is 0 Å². The summed E-state index contributed by atoms with van der Waals surface area (Å²) in [4.78, 5) is 10.4. The fourth-order valence-corrected chi connectivity index (χ4v) is 4.78. The van der Waals surface area contributed by atoms with Crippen molar-refractivity contribution in [2.24, 2.45) is 0 Å². The molecule has 0 amide bonds. The number of carbonyl (C=O) groups excluding carboxylic acids is 1. The van der Waals surface area contributed by atoms with Gasteiger partial charge in [0.2, 0.25) is 4.93 Å². The van der Waals surface area contributed by atoms with Crippen LogP contribution in [0.5, 0.6) is 0 Å². The number of hydrogen-bond donors (Lipinski definition) is 1. The Bertz CT molecular complexity index is 807. The van der Waals surface area contributed by atoms with Crippen LogP contribution in [0, 0.1) is 0 Å². The van der Waals surface area contributed by atoms with Crippen LogP contribution in [0.1, 0.15) is 21.5 Å². The van der Waals surface area contributed by atoms with Gasteiger partial charge in [-0.3, -0.25) is 4.55 Å². The summed E-state index contributed by atoms with van der Waals surface area (Å²) >= 11 is 0. The van der Waals surface area contributed by atoms with Gasteiger partial charge >= 0.3 is 44.7 Å². The van der Waals surface area contributed by atoms with Crippen LogP contribution in [0.25, 0.3) is 0 Å². The molecule has 1 unspecified atom stereocenters. The van der Waals surface area contributed by atoms with Crippen molar-refractivity contribution < 1.29 is 22.5 Å². The summed E-state index contributed by atoms with van der Waals surface area (Å²) in [7, 11) is -4.24. The van der Waals surface area contributed by atoms with E-state index >= 15 is 0 Å². The Labute approximate surface area is 153 Å². The van der Waals surface area contributed by atoms with Crippen molar-refractivity contribution >= 4 is 55.5 Å². The number of esters is 1. The molecule has 0 aromatic heterocycles. The van der Waals surface area contributed by atoms with Gasteiger partial charge in [-0.05, 0) is 6.07 Å². The quantitative estimate of drug-likeness (QED) is 0.396. The van der Waals surface area contributed by atoms with Crippen LogP contribution in [0.15, 0.2) is 54.6 Å². The van der Waals surface area contributed by atoms with Crippen LogP contribution < -0.4 is 0 Å². The van der Waals surface area contributed by atoms with Crippen molar-refractivity contribution in [3.63, 3.8) is 0 Å². The molecule has 2 aromatic carbocycles. The van der Waals surface area contributed by atoms with E-state index in [2.05, 4.69) is 0 Å². The second kappa shape index (κ2) is 6.35. The Balaban J connectivity index is 0.00000176. The second-order valence-corrected chi connectivity index (χ2v) is 7.79. The number of cyclic esters (lactones) is 1. The van der Waals surface area contributed by atoms with Crippen molar-refractivity contribution in [1.82, 2.24) is 0 Å². The van der Waals surface area contributed by atoms with Crippen LogP contribution in [-0.4, -0.2) is 48.5 Å². The molecular formula is C14H11NaO5S2. The molecule has 1 aliphatic heterocycles. The Hall–Kier alpha value is -0.830. The first kappa shape index (κ1) is 17.5. The number of hydrogen-bond acceptors (Lipinski definition) is 5. The van der Waals surface area contributed by atoms with Gasteiger partial charge in [0, 0.05) is 11.1 Å². The molecular weight excluding hydrogens is 335 g/mol. The molecule has 0 bridgehead atoms. The predicted octanol–water partition coefficient (Wildman–Crippen LogP) is 1.95. The second-order valence-electron chi connectivity index (χ2n) is 4.43. The third-order valence-electron chi connectivity index (χ3n) is 3.11. The van der Waals surface area contributed by atoms with Crippen LogP contribution >= 0.6 is 10.8 Å². The van der Waals surface area contributed by atoms with Crippen LogP contribution in [0.3, 0.4) is 0 Å². The molecule has 0 spiro atoms. The molecule has 0 aliphatic carbocycles. The van der Waals surface area contributed by atoms with Gasteiger partial charge in [0.05, 0.1) is 16.4 Å². The fourth-order valence-electron chi connectivity index (χ4n) is 2.32. The van der Waals surface area contributed by atoms with Gasteiger partial charge in [0.15, 0.2) is 0 Å². The summed E-state index contributed by atoms with van der Waals surface area (Å²) in [5.74, 6) is -0.620. The normalized spacial score (nSPS) is 20.0. The molecule has 22 heavy (non-hydrogen) atoms. The van der Waals surface area contributed by atoms with Crippen LogP contribution in [-0.2, 0) is 18.8 Å². The van der Waals surface area contributed by atoms with Gasteiger partial charge in [-0.1, -0.05) is 48.5 Å². The summed E-state index contributed by atoms with van der Waals surface area (Å²) in [5, 5.41) is 0. The van der Waals surface area contributed by atoms with Gasteiger partial charge in [-0.25, -0.2) is 4.79 Å². The number of fused-ring (bicyclic) bond motifs is 1. The predicted molar refractivity (Wildman–Crippen MR) is 85.4 cm³/mol. The zero-order chi connectivity index (χ0) is 15.1. The van der Waals surface area contributed by atoms with E-state index in [1.807, 2.05) is 0 Å². The monoisotopic (exact) mass is 346 g/mol. The Morgan fingerprint density at radius 1 is 1.00 bits per heavy atom. The van der Waals surface area contributed by atoms with E-state index in [-0.39, 0.29) is 45.9 Å². The van der Waals surface area contributed by atoms with E-state index in [1.165, 1.54) is 0 Å². The third kappa shape index (κ3) is 3.10. The maximum absolute atomic E-state index is 12.0. The van der Waals surface area contributed by atoms with E-state index < -0.39 is 20.1 Å². The summed E-state index contributed by atoms with van der Waals surface area (Å²) in [6.45, 7) is 0. The van der Waals surface area contributed by atoms with Crippen LogP contribution in [0.4, 0.5) is 0 Å². The summed E-state index contributed by atoms with van der Waals surface area (Å²) in [5.41, 5.74) is 1.16. The molecule has 0 saturated carbocycles. The topological polar surface area (TPSA) is 80.7 Å². The molecule has 3 rings (SSSR count). The molecule has 0 radical (unpaired) electrons. The maximum atomic E-state index is 12.0. The Kier molecular flexibility index (Phi) is 5.06. The Morgan fingerprint density at radius 3 is 2.23 bits per heavy atom. The van der Waals surface area contributed by atoms with Gasteiger partial charge in [-0.2, -0.15) is 8.42 Å². The van der Waals surface area contributed by atoms with Crippen molar-refractivity contribution in [1.29, 1.82) is 0 Å². The van der Waals surface area contributed by atoms with E-state index in [0.29, 0.717) is 11.1 Å². The molecule has 8 heteroatoms. The van der Waals surface area contributed by atoms with Crippen LogP contribution in [0.2, 0.25) is 0 Å². The third-order valence-corrected chi connectivity index (χ3v) is 5.43. The number of benzene rings is 2. The van der Waals surface area contributed by atoms with E-state index in [1.54, 1.807) is 54.6 Å². The molecule has 0 fully saturated rings. The SMILES string of the molecule is O=C1OC(SS(=O)(=O)O)(c2ccccc2)c2ccccc21.[NaH]. The zero-order valence-corrected chi connectivity index (χ0v) is 12.2. The minimum atomic E-state index is -4.44. The van der Waals surface area contributed by atoms with Gasteiger partial charge in [-0.15, -0.1) is 0 Å². The van der Waals surface area contributed by atoms with Gasteiger partial charge in [0.25, 0.3) is 0 Å². The first-order valence-corrected chi connectivity index (χ1v) is 8.76. The minimum absolute atomic E-state index is 0. The summed E-state index contributed by atoms with van der Waals surface area (Å²) < 4.78 is 37.4. The average Bonchev–Trinajstić information content (AvgIpc) is 2.73. The zero-order valence-electron chi connectivity index (χ0n) is 10.6. The molecule has 1 atom stereocenters. The first-order valence-electron chi connectivity index (χ1n) is 5.99. The number of ether oxygens (including phenoxy) is 1. The van der Waals surface area contributed by atoms with Crippen molar-refractivity contribution in [3.8, 4) is 0 Å². The average molecular weight is 346 g/mol. The molecule has 1 heterocycles. The molecule has 1 N–H and O–H groups in total. The first-order chi connectivity index (χ1) is 9.92. The molecule has 110 valence electrons. The molecule has 2 aromatic rings. The summed E-state index contributed by atoms with van der Waals surface area (Å²) in [6, 6.07) is 15.0. The molecule has 1 aliphatic rings. The van der Waals surface area contributed by atoms with E-state index in [9.17, 15) is 17.8 Å². The van der Waals surface area contributed by atoms with Gasteiger partial charge < -0.3 is 4.74 Å². The number of rotatable bonds is 3. The molecule has 5 nitrogen and oxygen atoms in total. The fraction of sp³-hybridized carbons (Fsp3) is 0.0714. The van der Waals surface area contributed by atoms with Crippen molar-refractivity contribution in [2.75, 3.05) is 0 Å². The Morgan fingerprint density at radius 2 is 1.59 bits per heavy atom. The van der Waals surface area contributed by atoms with E-state index in [4.69, 9.17) is 4.74 Å².